The highest BCUT2D eigenvalue weighted by atomic mass is 35.5. The van der Waals surface area contributed by atoms with E-state index in [2.05, 4.69) is 27.6 Å². The predicted molar refractivity (Wildman–Crippen MR) is 83.7 cm³/mol. The number of amides is 1. The molecule has 0 aliphatic carbocycles. The minimum absolute atomic E-state index is 0.0641. The van der Waals surface area contributed by atoms with Crippen LogP contribution in [0, 0.1) is 11.8 Å². The van der Waals surface area contributed by atoms with Gasteiger partial charge >= 0.3 is 0 Å². The average molecular weight is 317 g/mol. The highest BCUT2D eigenvalue weighted by molar-refractivity contribution is 6.33. The number of fused-ring (bicyclic) bond motifs is 1. The number of halogens is 1. The van der Waals surface area contributed by atoms with Crippen molar-refractivity contribution in [3.05, 3.63) is 52.8 Å². The molecule has 1 amide bonds. The molecule has 0 spiro atoms. The van der Waals surface area contributed by atoms with E-state index in [1.807, 2.05) is 23.1 Å². The minimum atomic E-state index is -0.0641. The van der Waals surface area contributed by atoms with E-state index in [0.29, 0.717) is 22.6 Å². The Morgan fingerprint density at radius 1 is 1.27 bits per heavy atom. The van der Waals surface area contributed by atoms with Crippen LogP contribution in [-0.4, -0.2) is 40.6 Å². The topological polar surface area (TPSA) is 61.0 Å². The van der Waals surface area contributed by atoms with Gasteiger partial charge in [0, 0.05) is 25.6 Å². The number of nitrogens with zero attached hydrogens (tertiary/aromatic N) is 2. The van der Waals surface area contributed by atoms with Crippen LogP contribution in [0.2, 0.25) is 5.02 Å². The average Bonchev–Trinajstić information content (AvgIpc) is 3.22. The summed E-state index contributed by atoms with van der Waals surface area (Å²) in [5.41, 5.74) is 1.57. The first-order chi connectivity index (χ1) is 10.8. The van der Waals surface area contributed by atoms with Crippen molar-refractivity contribution in [3.8, 4) is 0 Å². The van der Waals surface area contributed by atoms with Crippen LogP contribution < -0.4 is 5.32 Å². The molecule has 0 radical (unpaired) electrons. The van der Waals surface area contributed by atoms with Gasteiger partial charge in [-0.05, 0) is 11.5 Å². The Hall–Kier alpha value is -1.85. The second kappa shape index (κ2) is 5.41. The van der Waals surface area contributed by atoms with Crippen molar-refractivity contribution in [2.45, 2.75) is 6.04 Å². The quantitative estimate of drug-likeness (QED) is 0.892. The highest BCUT2D eigenvalue weighted by Crippen LogP contribution is 2.43. The summed E-state index contributed by atoms with van der Waals surface area (Å²) < 4.78 is 0. The summed E-state index contributed by atoms with van der Waals surface area (Å²) in [6.45, 7) is 2.67. The summed E-state index contributed by atoms with van der Waals surface area (Å²) in [5, 5.41) is 10.4. The Morgan fingerprint density at radius 3 is 2.82 bits per heavy atom. The molecule has 2 aliphatic rings. The third-order valence-electron chi connectivity index (χ3n) is 4.77. The SMILES string of the molecule is O=C(c1[nH]ncc1Cl)N1C[C@@H]2CNC[C@@H]2[C@H]1c1ccccc1. The number of hydrogen-bond donors (Lipinski definition) is 2. The van der Waals surface area contributed by atoms with Crippen LogP contribution >= 0.6 is 11.6 Å². The Bertz CT molecular complexity index is 686. The third-order valence-corrected chi connectivity index (χ3v) is 5.06. The largest absolute Gasteiger partial charge is 0.330 e. The van der Waals surface area contributed by atoms with Gasteiger partial charge in [-0.2, -0.15) is 5.10 Å². The van der Waals surface area contributed by atoms with Crippen LogP contribution in [0.3, 0.4) is 0 Å². The van der Waals surface area contributed by atoms with Gasteiger partial charge in [0.1, 0.15) is 5.69 Å². The molecule has 6 heteroatoms. The van der Waals surface area contributed by atoms with Crippen molar-refractivity contribution in [1.82, 2.24) is 20.4 Å². The predicted octanol–water partition coefficient (Wildman–Crippen LogP) is 2.10. The van der Waals surface area contributed by atoms with Crippen molar-refractivity contribution in [2.75, 3.05) is 19.6 Å². The van der Waals surface area contributed by atoms with E-state index >= 15 is 0 Å². The van der Waals surface area contributed by atoms with Crippen molar-refractivity contribution in [1.29, 1.82) is 0 Å². The lowest BCUT2D eigenvalue weighted by molar-refractivity contribution is 0.0708. The zero-order valence-electron chi connectivity index (χ0n) is 12.0. The van der Waals surface area contributed by atoms with Gasteiger partial charge in [0.2, 0.25) is 0 Å². The van der Waals surface area contributed by atoms with E-state index < -0.39 is 0 Å². The fraction of sp³-hybridized carbons (Fsp3) is 0.375. The summed E-state index contributed by atoms with van der Waals surface area (Å²) in [6.07, 6.45) is 1.48. The van der Waals surface area contributed by atoms with Crippen LogP contribution in [0.1, 0.15) is 22.1 Å². The Labute approximate surface area is 133 Å². The Balaban J connectivity index is 1.71. The molecule has 2 saturated heterocycles. The van der Waals surface area contributed by atoms with E-state index in [9.17, 15) is 4.79 Å². The van der Waals surface area contributed by atoms with Gasteiger partial charge in [-0.1, -0.05) is 41.9 Å². The number of carbonyl (C=O) groups is 1. The van der Waals surface area contributed by atoms with Crippen molar-refractivity contribution < 1.29 is 4.79 Å². The van der Waals surface area contributed by atoms with Gasteiger partial charge in [-0.25, -0.2) is 0 Å². The van der Waals surface area contributed by atoms with Gasteiger partial charge in [-0.3, -0.25) is 9.89 Å². The molecule has 2 aromatic rings. The second-order valence-corrected chi connectivity index (χ2v) is 6.40. The number of hydrogen-bond acceptors (Lipinski definition) is 3. The molecule has 5 nitrogen and oxygen atoms in total. The Morgan fingerprint density at radius 2 is 2.09 bits per heavy atom. The molecule has 3 heterocycles. The molecular weight excluding hydrogens is 300 g/mol. The smallest absolute Gasteiger partial charge is 0.273 e. The van der Waals surface area contributed by atoms with Crippen molar-refractivity contribution in [2.24, 2.45) is 11.8 Å². The first-order valence-corrected chi connectivity index (χ1v) is 7.89. The zero-order chi connectivity index (χ0) is 15.1. The second-order valence-electron chi connectivity index (χ2n) is 5.99. The van der Waals surface area contributed by atoms with E-state index in [4.69, 9.17) is 11.6 Å². The van der Waals surface area contributed by atoms with Gasteiger partial charge in [0.15, 0.2) is 0 Å². The van der Waals surface area contributed by atoms with Crippen LogP contribution in [0.4, 0.5) is 0 Å². The lowest BCUT2D eigenvalue weighted by atomic mass is 9.89. The molecule has 4 rings (SSSR count). The first-order valence-electron chi connectivity index (χ1n) is 7.51. The standard InChI is InChI=1S/C16H17ClN4O/c17-13-8-19-20-14(13)16(22)21-9-11-6-18-7-12(11)15(21)10-4-2-1-3-5-10/h1-5,8,11-12,15,18H,6-7,9H2,(H,19,20)/t11-,12-,15+/m0/s1. The molecule has 3 atom stereocenters. The van der Waals surface area contributed by atoms with Crippen LogP contribution in [0.25, 0.3) is 0 Å². The molecule has 0 saturated carbocycles. The van der Waals surface area contributed by atoms with Crippen molar-refractivity contribution >= 4 is 17.5 Å². The van der Waals surface area contributed by atoms with Crippen LogP contribution in [-0.2, 0) is 0 Å². The van der Waals surface area contributed by atoms with Gasteiger partial charge in [0.05, 0.1) is 17.3 Å². The zero-order valence-corrected chi connectivity index (χ0v) is 12.8. The molecule has 0 unspecified atom stereocenters. The molecule has 114 valence electrons. The Kier molecular flexibility index (Phi) is 3.39. The molecule has 1 aromatic carbocycles. The summed E-state index contributed by atoms with van der Waals surface area (Å²) in [4.78, 5) is 14.8. The first kappa shape index (κ1) is 13.8. The number of rotatable bonds is 2. The van der Waals surface area contributed by atoms with Gasteiger partial charge in [0.25, 0.3) is 5.91 Å². The number of H-pyrrole nitrogens is 1. The maximum Gasteiger partial charge on any atom is 0.273 e. The lowest BCUT2D eigenvalue weighted by Crippen LogP contribution is -2.35. The fourth-order valence-electron chi connectivity index (χ4n) is 3.77. The van der Waals surface area contributed by atoms with Gasteiger partial charge < -0.3 is 10.2 Å². The fourth-order valence-corrected chi connectivity index (χ4v) is 3.94. The maximum absolute atomic E-state index is 12.9. The molecule has 0 bridgehead atoms. The molecule has 2 fully saturated rings. The van der Waals surface area contributed by atoms with E-state index in [1.54, 1.807) is 0 Å². The molecular formula is C16H17ClN4O. The summed E-state index contributed by atoms with van der Waals surface area (Å²) in [7, 11) is 0. The number of nitrogens with one attached hydrogen (secondary N) is 2. The highest BCUT2D eigenvalue weighted by Gasteiger charge is 2.47. The van der Waals surface area contributed by atoms with Crippen LogP contribution in [0.15, 0.2) is 36.5 Å². The number of aromatic nitrogens is 2. The van der Waals surface area contributed by atoms with E-state index in [-0.39, 0.29) is 11.9 Å². The minimum Gasteiger partial charge on any atom is -0.330 e. The van der Waals surface area contributed by atoms with E-state index in [0.717, 1.165) is 19.6 Å². The summed E-state index contributed by atoms with van der Waals surface area (Å²) in [5.74, 6) is 0.884. The number of aromatic amines is 1. The maximum atomic E-state index is 12.9. The lowest BCUT2D eigenvalue weighted by Gasteiger charge is -2.28. The van der Waals surface area contributed by atoms with E-state index in [1.165, 1.54) is 11.8 Å². The molecule has 22 heavy (non-hydrogen) atoms. The summed E-state index contributed by atoms with van der Waals surface area (Å²) >= 11 is 6.07. The number of carbonyl (C=O) groups excluding carboxylic acids is 1. The normalized spacial score (nSPS) is 27.1. The van der Waals surface area contributed by atoms with Crippen molar-refractivity contribution in [3.63, 3.8) is 0 Å². The van der Waals surface area contributed by atoms with Gasteiger partial charge in [-0.15, -0.1) is 0 Å². The van der Waals surface area contributed by atoms with Crippen LogP contribution in [0.5, 0.6) is 0 Å². The number of likely N-dealkylation sites (tertiary alicyclic amines) is 1. The molecule has 2 N–H and O–H groups in total. The molecule has 1 aromatic heterocycles. The monoisotopic (exact) mass is 316 g/mol. The third kappa shape index (κ3) is 2.12. The summed E-state index contributed by atoms with van der Waals surface area (Å²) in [6, 6.07) is 10.3. The number of benzene rings is 1. The molecule has 2 aliphatic heterocycles.